The second-order valence-electron chi connectivity index (χ2n) is 5.05. The maximum absolute atomic E-state index is 12.6. The molecule has 0 aliphatic rings. The van der Waals surface area contributed by atoms with Crippen molar-refractivity contribution in [1.82, 2.24) is 0 Å². The van der Waals surface area contributed by atoms with E-state index in [0.717, 1.165) is 16.9 Å². The Morgan fingerprint density at radius 2 is 1.91 bits per heavy atom. The first-order valence-electron chi connectivity index (χ1n) is 6.80. The first-order chi connectivity index (χ1) is 10.5. The van der Waals surface area contributed by atoms with Gasteiger partial charge in [0.1, 0.15) is 5.75 Å². The molecule has 1 unspecified atom stereocenters. The van der Waals surface area contributed by atoms with Crippen molar-refractivity contribution in [2.45, 2.75) is 12.3 Å². The number of nitrogens with zero attached hydrogens (tertiary/aromatic N) is 2. The van der Waals surface area contributed by atoms with Crippen LogP contribution in [0, 0.1) is 11.3 Å². The largest absolute Gasteiger partial charge is 0.497 e. The Labute approximate surface area is 131 Å². The van der Waals surface area contributed by atoms with Crippen molar-refractivity contribution in [1.29, 1.82) is 5.26 Å². The lowest BCUT2D eigenvalue weighted by Gasteiger charge is -2.06. The molecular weight excluding hydrogens is 296 g/mol. The number of hydrogen-bond acceptors (Lipinski definition) is 4. The van der Waals surface area contributed by atoms with Gasteiger partial charge in [0.2, 0.25) is 0 Å². The minimum absolute atomic E-state index is 0.346. The van der Waals surface area contributed by atoms with E-state index in [4.69, 9.17) is 10.00 Å². The summed E-state index contributed by atoms with van der Waals surface area (Å²) >= 11 is 0. The topological polar surface area (TPSA) is 62.4 Å². The standard InChI is InChI=1S/C17H18N2O2S/c1-21-17-8-6-14(7-9-17)12-19-22(2,20)13-16-5-3-4-15(10-16)11-18/h3-10H,12-13H2,1-2H3. The summed E-state index contributed by atoms with van der Waals surface area (Å²) in [5, 5.41) is 8.90. The van der Waals surface area contributed by atoms with Crippen LogP contribution in [0.15, 0.2) is 52.9 Å². The van der Waals surface area contributed by atoms with Gasteiger partial charge in [0.15, 0.2) is 0 Å². The SMILES string of the molecule is COc1ccc(CN=S(C)(=O)Cc2cccc(C#N)c2)cc1. The van der Waals surface area contributed by atoms with Gasteiger partial charge in [-0.1, -0.05) is 24.3 Å². The number of methoxy groups -OCH3 is 1. The maximum atomic E-state index is 12.6. The van der Waals surface area contributed by atoms with Gasteiger partial charge >= 0.3 is 0 Å². The number of rotatable bonds is 5. The van der Waals surface area contributed by atoms with Gasteiger partial charge in [-0.3, -0.25) is 0 Å². The number of ether oxygens (including phenoxy) is 1. The van der Waals surface area contributed by atoms with Gasteiger partial charge in [0.25, 0.3) is 0 Å². The molecule has 22 heavy (non-hydrogen) atoms. The Balaban J connectivity index is 2.11. The monoisotopic (exact) mass is 314 g/mol. The Morgan fingerprint density at radius 3 is 2.55 bits per heavy atom. The summed E-state index contributed by atoms with van der Waals surface area (Å²) in [5.41, 5.74) is 2.43. The lowest BCUT2D eigenvalue weighted by molar-refractivity contribution is 0.414. The molecule has 2 aromatic rings. The second kappa shape index (κ2) is 7.10. The van der Waals surface area contributed by atoms with E-state index >= 15 is 0 Å². The van der Waals surface area contributed by atoms with E-state index in [1.165, 1.54) is 0 Å². The Hall–Kier alpha value is -2.32. The van der Waals surface area contributed by atoms with Crippen LogP contribution in [-0.4, -0.2) is 17.6 Å². The molecule has 0 saturated heterocycles. The summed E-state index contributed by atoms with van der Waals surface area (Å²) in [4.78, 5) is 0. The Kier molecular flexibility index (Phi) is 5.18. The van der Waals surface area contributed by atoms with E-state index in [9.17, 15) is 4.21 Å². The zero-order valence-electron chi connectivity index (χ0n) is 12.7. The van der Waals surface area contributed by atoms with Crippen molar-refractivity contribution < 1.29 is 8.95 Å². The molecular formula is C17H18N2O2S. The van der Waals surface area contributed by atoms with E-state index in [1.54, 1.807) is 31.6 Å². The average molecular weight is 314 g/mol. The summed E-state index contributed by atoms with van der Waals surface area (Å²) in [6.07, 6.45) is 1.65. The smallest absolute Gasteiger partial charge is 0.118 e. The van der Waals surface area contributed by atoms with Crippen molar-refractivity contribution in [3.63, 3.8) is 0 Å². The van der Waals surface area contributed by atoms with Crippen LogP contribution in [0.3, 0.4) is 0 Å². The molecule has 114 valence electrons. The van der Waals surface area contributed by atoms with E-state index in [0.29, 0.717) is 17.9 Å². The summed E-state index contributed by atoms with van der Waals surface area (Å²) in [6, 6.07) is 16.8. The highest BCUT2D eigenvalue weighted by atomic mass is 32.2. The lowest BCUT2D eigenvalue weighted by atomic mass is 10.2. The number of benzene rings is 2. The van der Waals surface area contributed by atoms with Crippen LogP contribution in [0.2, 0.25) is 0 Å². The predicted molar refractivity (Wildman–Crippen MR) is 88.1 cm³/mol. The molecule has 1 atom stereocenters. The van der Waals surface area contributed by atoms with Crippen LogP contribution in [0.4, 0.5) is 0 Å². The van der Waals surface area contributed by atoms with Crippen LogP contribution in [0.1, 0.15) is 16.7 Å². The molecule has 0 spiro atoms. The maximum Gasteiger partial charge on any atom is 0.118 e. The number of nitriles is 1. The molecule has 0 saturated carbocycles. The third kappa shape index (κ3) is 4.61. The molecule has 4 nitrogen and oxygen atoms in total. The van der Waals surface area contributed by atoms with Crippen molar-refractivity contribution in [2.75, 3.05) is 13.4 Å². The lowest BCUT2D eigenvalue weighted by Crippen LogP contribution is -2.02. The van der Waals surface area contributed by atoms with E-state index in [1.807, 2.05) is 30.3 Å². The van der Waals surface area contributed by atoms with Gasteiger partial charge in [0.05, 0.1) is 31.0 Å². The van der Waals surface area contributed by atoms with Crippen LogP contribution in [-0.2, 0) is 22.0 Å². The van der Waals surface area contributed by atoms with Crippen molar-refractivity contribution in [3.05, 3.63) is 65.2 Å². The highest BCUT2D eigenvalue weighted by molar-refractivity contribution is 7.92. The van der Waals surface area contributed by atoms with E-state index < -0.39 is 9.73 Å². The summed E-state index contributed by atoms with van der Waals surface area (Å²) < 4.78 is 22.0. The molecule has 0 fully saturated rings. The van der Waals surface area contributed by atoms with Crippen LogP contribution in [0.5, 0.6) is 5.75 Å². The fourth-order valence-electron chi connectivity index (χ4n) is 2.03. The molecule has 0 bridgehead atoms. The Bertz CT molecular complexity index is 798. The first-order valence-corrected chi connectivity index (χ1v) is 8.89. The van der Waals surface area contributed by atoms with Crippen molar-refractivity contribution in [3.8, 4) is 11.8 Å². The third-order valence-electron chi connectivity index (χ3n) is 3.17. The summed E-state index contributed by atoms with van der Waals surface area (Å²) in [7, 11) is -0.721. The third-order valence-corrected chi connectivity index (χ3v) is 4.71. The van der Waals surface area contributed by atoms with Crippen molar-refractivity contribution in [2.24, 2.45) is 4.36 Å². The van der Waals surface area contributed by atoms with E-state index in [-0.39, 0.29) is 0 Å². The fraction of sp³-hybridized carbons (Fsp3) is 0.235. The molecule has 2 rings (SSSR count). The van der Waals surface area contributed by atoms with Gasteiger partial charge in [0, 0.05) is 16.0 Å². The highest BCUT2D eigenvalue weighted by Gasteiger charge is 2.05. The summed E-state index contributed by atoms with van der Waals surface area (Å²) in [5.74, 6) is 1.13. The average Bonchev–Trinajstić information content (AvgIpc) is 2.53. The van der Waals surface area contributed by atoms with E-state index in [2.05, 4.69) is 10.4 Å². The van der Waals surface area contributed by atoms with Crippen LogP contribution >= 0.6 is 0 Å². The van der Waals surface area contributed by atoms with Gasteiger partial charge in [-0.15, -0.1) is 0 Å². The van der Waals surface area contributed by atoms with Gasteiger partial charge in [-0.05, 0) is 35.4 Å². The molecule has 0 N–H and O–H groups in total. The van der Waals surface area contributed by atoms with Gasteiger partial charge in [-0.25, -0.2) is 8.57 Å². The minimum Gasteiger partial charge on any atom is -0.497 e. The molecule has 0 aromatic heterocycles. The minimum atomic E-state index is -2.34. The molecule has 0 heterocycles. The van der Waals surface area contributed by atoms with Crippen LogP contribution < -0.4 is 4.74 Å². The second-order valence-corrected chi connectivity index (χ2v) is 7.52. The summed E-state index contributed by atoms with van der Waals surface area (Å²) in [6.45, 7) is 0.400. The van der Waals surface area contributed by atoms with Gasteiger partial charge < -0.3 is 4.74 Å². The Morgan fingerprint density at radius 1 is 1.18 bits per heavy atom. The highest BCUT2D eigenvalue weighted by Crippen LogP contribution is 2.14. The molecule has 2 aromatic carbocycles. The van der Waals surface area contributed by atoms with Crippen molar-refractivity contribution >= 4 is 9.73 Å². The zero-order valence-corrected chi connectivity index (χ0v) is 13.5. The molecule has 0 aliphatic heterocycles. The molecule has 5 heteroatoms. The molecule has 0 radical (unpaired) electrons. The zero-order chi connectivity index (χ0) is 16.0. The van der Waals surface area contributed by atoms with Crippen LogP contribution in [0.25, 0.3) is 0 Å². The predicted octanol–water partition coefficient (Wildman–Crippen LogP) is 3.36. The quantitative estimate of drug-likeness (QED) is 0.850. The number of hydrogen-bond donors (Lipinski definition) is 0. The fourth-order valence-corrected chi connectivity index (χ4v) is 3.34. The first kappa shape index (κ1) is 16.1. The normalized spacial score (nSPS) is 13.0. The molecule has 0 amide bonds. The van der Waals surface area contributed by atoms with Gasteiger partial charge in [-0.2, -0.15) is 5.26 Å². The molecule has 0 aliphatic carbocycles.